The summed E-state index contributed by atoms with van der Waals surface area (Å²) in [6, 6.07) is 14.0. The van der Waals surface area contributed by atoms with Crippen LogP contribution in [0.25, 0.3) is 5.69 Å². The fourth-order valence-corrected chi connectivity index (χ4v) is 4.61. The third-order valence-corrected chi connectivity index (χ3v) is 6.59. The number of fused-ring (bicyclic) bond motifs is 1. The maximum absolute atomic E-state index is 13.6. The molecule has 0 radical (unpaired) electrons. The normalized spacial score (nSPS) is 12.6. The van der Waals surface area contributed by atoms with Crippen molar-refractivity contribution in [2.75, 3.05) is 36.7 Å². The van der Waals surface area contributed by atoms with Gasteiger partial charge in [-0.3, -0.25) is 14.2 Å². The van der Waals surface area contributed by atoms with E-state index in [4.69, 9.17) is 15.2 Å². The zero-order valence-corrected chi connectivity index (χ0v) is 21.4. The smallest absolute Gasteiger partial charge is 0.278 e. The minimum absolute atomic E-state index is 0.119. The van der Waals surface area contributed by atoms with Crippen molar-refractivity contribution < 1.29 is 14.3 Å². The molecule has 3 heterocycles. The standard InChI is InChI=1S/C28H28N6O4/c1-17-10-13-34(27(36)25(17)33-12-11-22-19(16-33)15-30-28(29)32-22)21-7-5-20(6-8-21)31-26(35)18-4-9-23(37-2)24(14-18)38-3/h4-10,13-15H,11-12,16H2,1-3H3,(H,31,35)(H2,29,30,32). The number of carbonyl (C=O) groups is 1. The first kappa shape index (κ1) is 24.8. The summed E-state index contributed by atoms with van der Waals surface area (Å²) < 4.78 is 12.1. The van der Waals surface area contributed by atoms with Crippen LogP contribution in [0.3, 0.4) is 0 Å². The number of rotatable bonds is 6. The Morgan fingerprint density at radius 1 is 1.05 bits per heavy atom. The lowest BCUT2D eigenvalue weighted by Crippen LogP contribution is -2.37. The van der Waals surface area contributed by atoms with Crippen molar-refractivity contribution in [3.05, 3.63) is 93.7 Å². The van der Waals surface area contributed by atoms with Crippen LogP contribution in [0.2, 0.25) is 0 Å². The predicted molar refractivity (Wildman–Crippen MR) is 145 cm³/mol. The quantitative estimate of drug-likeness (QED) is 0.403. The molecule has 3 N–H and O–H groups in total. The molecule has 1 aliphatic rings. The topological polar surface area (TPSA) is 125 Å². The van der Waals surface area contributed by atoms with E-state index in [1.807, 2.05) is 13.0 Å². The van der Waals surface area contributed by atoms with Crippen molar-refractivity contribution in [1.82, 2.24) is 14.5 Å². The van der Waals surface area contributed by atoms with Crippen molar-refractivity contribution >= 4 is 23.2 Å². The largest absolute Gasteiger partial charge is 0.493 e. The highest BCUT2D eigenvalue weighted by Crippen LogP contribution is 2.28. The predicted octanol–water partition coefficient (Wildman–Crippen LogP) is 3.35. The number of nitrogen functional groups attached to an aromatic ring is 1. The van der Waals surface area contributed by atoms with Gasteiger partial charge in [-0.15, -0.1) is 0 Å². The fourth-order valence-electron chi connectivity index (χ4n) is 4.61. The molecule has 5 rings (SSSR count). The number of aromatic nitrogens is 3. The summed E-state index contributed by atoms with van der Waals surface area (Å²) >= 11 is 0. The number of nitrogens with zero attached hydrogens (tertiary/aromatic N) is 4. The second-order valence-corrected chi connectivity index (χ2v) is 8.96. The summed E-state index contributed by atoms with van der Waals surface area (Å²) in [6.07, 6.45) is 4.18. The summed E-state index contributed by atoms with van der Waals surface area (Å²) in [4.78, 5) is 36.9. The molecule has 0 saturated heterocycles. The number of benzene rings is 2. The molecule has 1 amide bonds. The fraction of sp³-hybridized carbons (Fsp3) is 0.214. The summed E-state index contributed by atoms with van der Waals surface area (Å²) in [6.45, 7) is 3.13. The summed E-state index contributed by atoms with van der Waals surface area (Å²) in [5, 5.41) is 2.87. The van der Waals surface area contributed by atoms with Gasteiger partial charge >= 0.3 is 0 Å². The van der Waals surface area contributed by atoms with Crippen LogP contribution in [0.4, 0.5) is 17.3 Å². The van der Waals surface area contributed by atoms with Crippen LogP contribution in [0.15, 0.2) is 65.7 Å². The molecular weight excluding hydrogens is 484 g/mol. The van der Waals surface area contributed by atoms with E-state index in [-0.39, 0.29) is 17.4 Å². The highest BCUT2D eigenvalue weighted by Gasteiger charge is 2.23. The van der Waals surface area contributed by atoms with Gasteiger partial charge in [0.05, 0.1) is 19.9 Å². The molecule has 194 valence electrons. The summed E-state index contributed by atoms with van der Waals surface area (Å²) in [5.41, 5.74) is 10.8. The molecule has 2 aromatic heterocycles. The monoisotopic (exact) mass is 512 g/mol. The number of hydrogen-bond donors (Lipinski definition) is 2. The van der Waals surface area contributed by atoms with E-state index in [0.29, 0.717) is 53.6 Å². The van der Waals surface area contributed by atoms with Crippen molar-refractivity contribution in [2.45, 2.75) is 19.9 Å². The zero-order chi connectivity index (χ0) is 26.8. The lowest BCUT2D eigenvalue weighted by molar-refractivity contribution is 0.102. The number of pyridine rings is 1. The number of ether oxygens (including phenoxy) is 2. The molecule has 38 heavy (non-hydrogen) atoms. The van der Waals surface area contributed by atoms with Gasteiger partial charge in [0.15, 0.2) is 11.5 Å². The molecule has 0 saturated carbocycles. The Hall–Kier alpha value is -4.86. The average Bonchev–Trinajstić information content (AvgIpc) is 2.93. The van der Waals surface area contributed by atoms with Crippen molar-refractivity contribution in [1.29, 1.82) is 0 Å². The van der Waals surface area contributed by atoms with E-state index in [1.54, 1.807) is 66.5 Å². The molecule has 1 aliphatic heterocycles. The van der Waals surface area contributed by atoms with E-state index >= 15 is 0 Å². The second-order valence-electron chi connectivity index (χ2n) is 8.96. The van der Waals surface area contributed by atoms with E-state index in [1.165, 1.54) is 7.11 Å². The van der Waals surface area contributed by atoms with Crippen molar-refractivity contribution in [3.63, 3.8) is 0 Å². The molecular formula is C28H28N6O4. The minimum Gasteiger partial charge on any atom is -0.493 e. The maximum Gasteiger partial charge on any atom is 0.278 e. The van der Waals surface area contributed by atoms with Crippen LogP contribution < -0.4 is 31.0 Å². The van der Waals surface area contributed by atoms with E-state index in [0.717, 1.165) is 16.8 Å². The van der Waals surface area contributed by atoms with Crippen molar-refractivity contribution in [2.24, 2.45) is 0 Å². The van der Waals surface area contributed by atoms with Gasteiger partial charge in [0.1, 0.15) is 5.69 Å². The Morgan fingerprint density at radius 2 is 1.82 bits per heavy atom. The molecule has 10 nitrogen and oxygen atoms in total. The molecule has 0 atom stereocenters. The molecule has 4 aromatic rings. The third-order valence-electron chi connectivity index (χ3n) is 6.59. The summed E-state index contributed by atoms with van der Waals surface area (Å²) in [7, 11) is 3.06. The number of hydrogen-bond acceptors (Lipinski definition) is 8. The first-order valence-electron chi connectivity index (χ1n) is 12.1. The first-order chi connectivity index (χ1) is 18.4. The van der Waals surface area contributed by atoms with Crippen LogP contribution in [0, 0.1) is 6.92 Å². The Kier molecular flexibility index (Phi) is 6.69. The number of amides is 1. The number of aryl methyl sites for hydroxylation is 1. The molecule has 0 bridgehead atoms. The maximum atomic E-state index is 13.6. The lowest BCUT2D eigenvalue weighted by atomic mass is 10.1. The van der Waals surface area contributed by atoms with Gasteiger partial charge in [-0.25, -0.2) is 9.97 Å². The Bertz CT molecular complexity index is 1570. The first-order valence-corrected chi connectivity index (χ1v) is 12.1. The van der Waals surface area contributed by atoms with E-state index in [9.17, 15) is 9.59 Å². The van der Waals surface area contributed by atoms with Gasteiger partial charge in [0.25, 0.3) is 11.5 Å². The number of anilines is 3. The van der Waals surface area contributed by atoms with E-state index < -0.39 is 0 Å². The second kappa shape index (κ2) is 10.3. The molecule has 0 unspecified atom stereocenters. The number of nitrogens with one attached hydrogen (secondary N) is 1. The molecule has 0 spiro atoms. The Morgan fingerprint density at radius 3 is 2.55 bits per heavy atom. The van der Waals surface area contributed by atoms with Crippen molar-refractivity contribution in [3.8, 4) is 17.2 Å². The van der Waals surface area contributed by atoms with Gasteiger partial charge < -0.3 is 25.4 Å². The highest BCUT2D eigenvalue weighted by atomic mass is 16.5. The Labute approximate surface area is 219 Å². The lowest BCUT2D eigenvalue weighted by Gasteiger charge is -2.30. The molecule has 0 aliphatic carbocycles. The van der Waals surface area contributed by atoms with Crippen LogP contribution in [0.1, 0.15) is 27.2 Å². The SMILES string of the molecule is COc1ccc(C(=O)Nc2ccc(-n3ccc(C)c(N4CCc5nc(N)ncc5C4)c3=O)cc2)cc1OC. The van der Waals surface area contributed by atoms with Gasteiger partial charge in [-0.2, -0.15) is 0 Å². The van der Waals surface area contributed by atoms with Crippen LogP contribution in [0.5, 0.6) is 11.5 Å². The number of carbonyl (C=O) groups excluding carboxylic acids is 1. The van der Waals surface area contributed by atoms with E-state index in [2.05, 4.69) is 20.2 Å². The van der Waals surface area contributed by atoms with Gasteiger partial charge in [0, 0.05) is 54.4 Å². The van der Waals surface area contributed by atoms with Gasteiger partial charge in [-0.05, 0) is 61.0 Å². The Balaban J connectivity index is 1.36. The van der Waals surface area contributed by atoms with Gasteiger partial charge in [0.2, 0.25) is 5.95 Å². The minimum atomic E-state index is -0.287. The van der Waals surface area contributed by atoms with Crippen LogP contribution >= 0.6 is 0 Å². The molecule has 10 heteroatoms. The molecule has 2 aromatic carbocycles. The third kappa shape index (κ3) is 4.75. The van der Waals surface area contributed by atoms with Crippen LogP contribution in [-0.4, -0.2) is 41.2 Å². The highest BCUT2D eigenvalue weighted by molar-refractivity contribution is 6.04. The van der Waals surface area contributed by atoms with Gasteiger partial charge in [-0.1, -0.05) is 0 Å². The molecule has 0 fully saturated rings. The number of methoxy groups -OCH3 is 2. The average molecular weight is 513 g/mol. The number of nitrogens with two attached hydrogens (primary N) is 1. The zero-order valence-electron chi connectivity index (χ0n) is 21.4. The summed E-state index contributed by atoms with van der Waals surface area (Å²) in [5.74, 6) is 0.991. The van der Waals surface area contributed by atoms with Crippen LogP contribution in [-0.2, 0) is 13.0 Å².